The van der Waals surface area contributed by atoms with Crippen molar-refractivity contribution in [3.63, 3.8) is 0 Å². The minimum atomic E-state index is -0.0757. The van der Waals surface area contributed by atoms with Crippen molar-refractivity contribution in [3.8, 4) is 0 Å². The van der Waals surface area contributed by atoms with Crippen molar-refractivity contribution in [2.24, 2.45) is 0 Å². The molecule has 0 bridgehead atoms. The van der Waals surface area contributed by atoms with Gasteiger partial charge in [-0.05, 0) is 42.7 Å². The second kappa shape index (κ2) is 6.59. The number of aromatic amines is 1. The Labute approximate surface area is 140 Å². The number of hydrogen-bond acceptors (Lipinski definition) is 3. The third kappa shape index (κ3) is 3.48. The van der Waals surface area contributed by atoms with Crippen molar-refractivity contribution in [2.45, 2.75) is 36.8 Å². The smallest absolute Gasteiger partial charge is 0.258 e. The molecule has 3 aromatic rings. The lowest BCUT2D eigenvalue weighted by Crippen LogP contribution is -2.12. The molecule has 0 aliphatic carbocycles. The highest BCUT2D eigenvalue weighted by Crippen LogP contribution is 2.33. The third-order valence-electron chi connectivity index (χ3n) is 3.88. The highest BCUT2D eigenvalue weighted by molar-refractivity contribution is 7.99. The molecule has 0 spiro atoms. The summed E-state index contributed by atoms with van der Waals surface area (Å²) in [5.41, 5.74) is 2.00. The molecule has 2 aromatic carbocycles. The van der Waals surface area contributed by atoms with Gasteiger partial charge in [0, 0.05) is 4.90 Å². The lowest BCUT2D eigenvalue weighted by Gasteiger charge is -2.12. The van der Waals surface area contributed by atoms with Gasteiger partial charge < -0.3 is 4.98 Å². The van der Waals surface area contributed by atoms with Crippen LogP contribution in [0.1, 0.15) is 43.3 Å². The number of rotatable bonds is 4. The molecule has 0 saturated carbocycles. The Kier molecular flexibility index (Phi) is 4.53. The van der Waals surface area contributed by atoms with Crippen LogP contribution in [0.25, 0.3) is 10.9 Å². The molecule has 3 rings (SSSR count). The predicted octanol–water partition coefficient (Wildman–Crippen LogP) is 4.90. The lowest BCUT2D eigenvalue weighted by atomic mass is 10.0. The van der Waals surface area contributed by atoms with Gasteiger partial charge in [0.2, 0.25) is 0 Å². The molecule has 1 N–H and O–H groups in total. The van der Waals surface area contributed by atoms with Gasteiger partial charge in [0.05, 0.1) is 16.2 Å². The number of H-pyrrole nitrogens is 1. The zero-order valence-corrected chi connectivity index (χ0v) is 14.4. The quantitative estimate of drug-likeness (QED) is 0.694. The first-order valence-corrected chi connectivity index (χ1v) is 8.68. The summed E-state index contributed by atoms with van der Waals surface area (Å²) in [7, 11) is 0. The minimum Gasteiger partial charge on any atom is -0.309 e. The summed E-state index contributed by atoms with van der Waals surface area (Å²) in [4.78, 5) is 20.9. The van der Waals surface area contributed by atoms with Crippen LogP contribution in [0, 0.1) is 0 Å². The van der Waals surface area contributed by atoms with E-state index in [2.05, 4.69) is 55.0 Å². The summed E-state index contributed by atoms with van der Waals surface area (Å²) in [6, 6.07) is 16.0. The van der Waals surface area contributed by atoms with Gasteiger partial charge in [0.15, 0.2) is 0 Å². The summed E-state index contributed by atoms with van der Waals surface area (Å²) in [5.74, 6) is 1.25. The summed E-state index contributed by atoms with van der Waals surface area (Å²) >= 11 is 1.70. The number of nitrogens with zero attached hydrogens (tertiary/aromatic N) is 1. The second-order valence-electron chi connectivity index (χ2n) is 5.95. The Morgan fingerprint density at radius 2 is 1.70 bits per heavy atom. The lowest BCUT2D eigenvalue weighted by molar-refractivity contribution is 0.864. The van der Waals surface area contributed by atoms with Gasteiger partial charge in [-0.1, -0.05) is 38.1 Å². The van der Waals surface area contributed by atoms with E-state index in [0.29, 0.717) is 17.1 Å². The molecule has 1 atom stereocenters. The van der Waals surface area contributed by atoms with Crippen molar-refractivity contribution in [2.75, 3.05) is 0 Å². The van der Waals surface area contributed by atoms with Gasteiger partial charge in [-0.2, -0.15) is 0 Å². The molecule has 1 aromatic heterocycles. The Morgan fingerprint density at radius 3 is 2.39 bits per heavy atom. The molecule has 23 heavy (non-hydrogen) atoms. The Balaban J connectivity index is 1.85. The van der Waals surface area contributed by atoms with E-state index in [0.717, 1.165) is 5.52 Å². The van der Waals surface area contributed by atoms with E-state index in [1.807, 2.05) is 18.2 Å². The van der Waals surface area contributed by atoms with E-state index in [-0.39, 0.29) is 10.8 Å². The molecule has 0 saturated heterocycles. The average Bonchev–Trinajstić information content (AvgIpc) is 2.55. The number of fused-ring (bicyclic) bond motifs is 1. The fourth-order valence-electron chi connectivity index (χ4n) is 2.49. The third-order valence-corrected chi connectivity index (χ3v) is 5.00. The predicted molar refractivity (Wildman–Crippen MR) is 97.2 cm³/mol. The maximum Gasteiger partial charge on any atom is 0.258 e. The first-order valence-electron chi connectivity index (χ1n) is 7.80. The van der Waals surface area contributed by atoms with Crippen LogP contribution >= 0.6 is 11.8 Å². The molecule has 0 aliphatic heterocycles. The number of para-hydroxylation sites is 1. The van der Waals surface area contributed by atoms with Crippen LogP contribution in [0.5, 0.6) is 0 Å². The first-order chi connectivity index (χ1) is 11.0. The Bertz CT molecular complexity index is 868. The molecule has 0 aliphatic rings. The topological polar surface area (TPSA) is 45.8 Å². The van der Waals surface area contributed by atoms with Crippen LogP contribution in [-0.2, 0) is 0 Å². The van der Waals surface area contributed by atoms with Gasteiger partial charge in [0.1, 0.15) is 5.82 Å². The number of thioether (sulfide) groups is 1. The highest BCUT2D eigenvalue weighted by atomic mass is 32.2. The Hall–Kier alpha value is -2.07. The largest absolute Gasteiger partial charge is 0.309 e. The van der Waals surface area contributed by atoms with Gasteiger partial charge >= 0.3 is 0 Å². The van der Waals surface area contributed by atoms with E-state index in [9.17, 15) is 4.79 Å². The van der Waals surface area contributed by atoms with Crippen molar-refractivity contribution in [1.82, 2.24) is 9.97 Å². The van der Waals surface area contributed by atoms with Crippen molar-refractivity contribution < 1.29 is 0 Å². The molecule has 1 heterocycles. The van der Waals surface area contributed by atoms with Crippen molar-refractivity contribution in [1.29, 1.82) is 0 Å². The average molecular weight is 324 g/mol. The van der Waals surface area contributed by atoms with Gasteiger partial charge in [-0.25, -0.2) is 4.98 Å². The normalized spacial score (nSPS) is 12.7. The van der Waals surface area contributed by atoms with E-state index in [1.165, 1.54) is 10.5 Å². The van der Waals surface area contributed by atoms with Crippen LogP contribution in [-0.4, -0.2) is 9.97 Å². The van der Waals surface area contributed by atoms with E-state index in [4.69, 9.17) is 0 Å². The fraction of sp³-hybridized carbons (Fsp3) is 0.263. The number of aromatic nitrogens is 2. The SMILES string of the molecule is CC(C)c1ccc(SC(C)c2nc3ccccc3c(=O)[nH]2)cc1. The summed E-state index contributed by atoms with van der Waals surface area (Å²) in [6.45, 7) is 6.44. The summed E-state index contributed by atoms with van der Waals surface area (Å²) < 4.78 is 0. The van der Waals surface area contributed by atoms with E-state index < -0.39 is 0 Å². The highest BCUT2D eigenvalue weighted by Gasteiger charge is 2.12. The van der Waals surface area contributed by atoms with Crippen LogP contribution in [0.15, 0.2) is 58.2 Å². The second-order valence-corrected chi connectivity index (χ2v) is 7.37. The van der Waals surface area contributed by atoms with Crippen molar-refractivity contribution >= 4 is 22.7 Å². The molecule has 0 fully saturated rings. The van der Waals surface area contributed by atoms with Crippen LogP contribution in [0.3, 0.4) is 0 Å². The first kappa shape index (κ1) is 15.8. The van der Waals surface area contributed by atoms with Crippen LogP contribution in [0.4, 0.5) is 0 Å². The van der Waals surface area contributed by atoms with E-state index in [1.54, 1.807) is 17.8 Å². The summed E-state index contributed by atoms with van der Waals surface area (Å²) in [6.07, 6.45) is 0. The zero-order chi connectivity index (χ0) is 16.4. The zero-order valence-electron chi connectivity index (χ0n) is 13.5. The number of hydrogen-bond donors (Lipinski definition) is 1. The molecule has 0 amide bonds. The van der Waals surface area contributed by atoms with E-state index >= 15 is 0 Å². The van der Waals surface area contributed by atoms with Gasteiger partial charge in [-0.3, -0.25) is 4.79 Å². The van der Waals surface area contributed by atoms with Crippen molar-refractivity contribution in [3.05, 3.63) is 70.3 Å². The molecule has 0 radical (unpaired) electrons. The molecule has 4 heteroatoms. The standard InChI is InChI=1S/C19H20N2OS/c1-12(2)14-8-10-15(11-9-14)23-13(3)18-20-17-7-5-4-6-16(17)19(22)21-18/h4-13H,1-3H3,(H,20,21,22). The number of nitrogens with one attached hydrogen (secondary N) is 1. The fourth-order valence-corrected chi connectivity index (χ4v) is 3.41. The van der Waals surface area contributed by atoms with Gasteiger partial charge in [-0.15, -0.1) is 11.8 Å². The maximum absolute atomic E-state index is 12.2. The monoisotopic (exact) mass is 324 g/mol. The van der Waals surface area contributed by atoms with Gasteiger partial charge in [0.25, 0.3) is 5.56 Å². The minimum absolute atomic E-state index is 0.0757. The molecule has 1 unspecified atom stereocenters. The maximum atomic E-state index is 12.2. The molecular formula is C19H20N2OS. The molecule has 3 nitrogen and oxygen atoms in total. The molecular weight excluding hydrogens is 304 g/mol. The number of benzene rings is 2. The molecule has 118 valence electrons. The van der Waals surface area contributed by atoms with Crippen LogP contribution in [0.2, 0.25) is 0 Å². The Morgan fingerprint density at radius 1 is 1.00 bits per heavy atom. The summed E-state index contributed by atoms with van der Waals surface area (Å²) in [5, 5.41) is 0.715. The van der Waals surface area contributed by atoms with Crippen LogP contribution < -0.4 is 5.56 Å².